The molecular weight excluding hydrogens is 476 g/mol. The highest BCUT2D eigenvalue weighted by Gasteiger charge is 2.36. The van der Waals surface area contributed by atoms with Gasteiger partial charge in [-0.3, -0.25) is 9.59 Å². The molecule has 0 aromatic rings. The largest absolute Gasteiger partial charge is 0.297 e. The number of alkyl halides is 1. The first kappa shape index (κ1) is 36.6. The van der Waals surface area contributed by atoms with Crippen LogP contribution in [-0.4, -0.2) is 16.4 Å². The van der Waals surface area contributed by atoms with Gasteiger partial charge in [0.15, 0.2) is 16.4 Å². The topological polar surface area (TPSA) is 34.1 Å². The van der Waals surface area contributed by atoms with Crippen molar-refractivity contribution in [3.8, 4) is 0 Å². The molecule has 3 heteroatoms. The van der Waals surface area contributed by atoms with E-state index in [1.54, 1.807) is 6.92 Å². The summed E-state index contributed by atoms with van der Waals surface area (Å²) in [5.41, 5.74) is 0. The van der Waals surface area contributed by atoms with E-state index in [1.165, 1.54) is 141 Å². The Bertz CT molecular complexity index is 470. The summed E-state index contributed by atoms with van der Waals surface area (Å²) in [6, 6.07) is 0. The molecule has 37 heavy (non-hydrogen) atoms. The van der Waals surface area contributed by atoms with Crippen molar-refractivity contribution in [2.24, 2.45) is 0 Å². The van der Waals surface area contributed by atoms with E-state index < -0.39 is 4.87 Å². The van der Waals surface area contributed by atoms with E-state index in [4.69, 9.17) is 11.6 Å². The molecule has 0 saturated carbocycles. The van der Waals surface area contributed by atoms with Crippen LogP contribution in [0.2, 0.25) is 0 Å². The van der Waals surface area contributed by atoms with E-state index in [0.29, 0.717) is 12.8 Å². The number of carbonyl (C=O) groups excluding carboxylic acids is 2. The molecule has 0 aromatic heterocycles. The summed E-state index contributed by atoms with van der Waals surface area (Å²) in [6.45, 7) is 6.17. The van der Waals surface area contributed by atoms with Crippen molar-refractivity contribution in [1.29, 1.82) is 0 Å². The molecule has 0 aliphatic carbocycles. The molecule has 0 N–H and O–H groups in total. The molecule has 0 heterocycles. The lowest BCUT2D eigenvalue weighted by Crippen LogP contribution is -2.38. The molecule has 0 fully saturated rings. The Balaban J connectivity index is 3.59. The smallest absolute Gasteiger partial charge is 0.160 e. The summed E-state index contributed by atoms with van der Waals surface area (Å²) in [5.74, 6) is -0.145. The minimum Gasteiger partial charge on any atom is -0.297 e. The fourth-order valence-corrected chi connectivity index (χ4v) is 5.42. The zero-order valence-electron chi connectivity index (χ0n) is 25.5. The lowest BCUT2D eigenvalue weighted by Gasteiger charge is -2.19. The van der Waals surface area contributed by atoms with Crippen molar-refractivity contribution < 1.29 is 9.59 Å². The Morgan fingerprint density at radius 3 is 0.811 bits per heavy atom. The highest BCUT2D eigenvalue weighted by atomic mass is 35.5. The third-order valence-corrected chi connectivity index (χ3v) is 8.48. The highest BCUT2D eigenvalue weighted by molar-refractivity contribution is 6.46. The van der Waals surface area contributed by atoms with Crippen LogP contribution in [0.3, 0.4) is 0 Å². The molecule has 0 aliphatic rings. The molecule has 0 saturated heterocycles. The zero-order chi connectivity index (χ0) is 27.5. The van der Waals surface area contributed by atoms with Gasteiger partial charge < -0.3 is 0 Å². The van der Waals surface area contributed by atoms with E-state index in [0.717, 1.165) is 25.7 Å². The van der Waals surface area contributed by atoms with Crippen molar-refractivity contribution in [3.63, 3.8) is 0 Å². The zero-order valence-corrected chi connectivity index (χ0v) is 26.2. The standard InChI is InChI=1S/C34H65ClO2/c1-4-6-8-10-12-14-16-18-20-22-24-26-28-30-32(36)34(3,35)33(37)31-29-27-25-23-21-19-17-15-13-11-9-7-5-2/h4-31H2,1-3H3. The first-order valence-corrected chi connectivity index (χ1v) is 17.1. The molecule has 0 aromatic carbocycles. The van der Waals surface area contributed by atoms with E-state index in [2.05, 4.69) is 13.8 Å². The summed E-state index contributed by atoms with van der Waals surface area (Å²) in [7, 11) is 0. The van der Waals surface area contributed by atoms with Gasteiger partial charge in [0.1, 0.15) is 0 Å². The maximum atomic E-state index is 12.6. The first-order valence-electron chi connectivity index (χ1n) is 16.7. The van der Waals surface area contributed by atoms with Crippen molar-refractivity contribution >= 4 is 23.2 Å². The second kappa shape index (κ2) is 27.2. The fourth-order valence-electron chi connectivity index (χ4n) is 5.23. The number of hydrogen-bond acceptors (Lipinski definition) is 2. The number of hydrogen-bond donors (Lipinski definition) is 0. The van der Waals surface area contributed by atoms with E-state index in [1.807, 2.05) is 0 Å². The molecular formula is C34H65ClO2. The van der Waals surface area contributed by atoms with Crippen LogP contribution < -0.4 is 0 Å². The average Bonchev–Trinajstić information content (AvgIpc) is 2.89. The van der Waals surface area contributed by atoms with Gasteiger partial charge in [0.2, 0.25) is 0 Å². The van der Waals surface area contributed by atoms with Gasteiger partial charge in [0.25, 0.3) is 0 Å². The third kappa shape index (κ3) is 23.3. The van der Waals surface area contributed by atoms with Crippen LogP contribution in [0, 0.1) is 0 Å². The summed E-state index contributed by atoms with van der Waals surface area (Å²) < 4.78 is 0. The van der Waals surface area contributed by atoms with Gasteiger partial charge in [0, 0.05) is 12.8 Å². The lowest BCUT2D eigenvalue weighted by atomic mass is 9.92. The molecule has 0 rings (SSSR count). The van der Waals surface area contributed by atoms with Gasteiger partial charge >= 0.3 is 0 Å². The number of ketones is 2. The maximum absolute atomic E-state index is 12.6. The molecule has 0 radical (unpaired) electrons. The minimum atomic E-state index is -1.31. The molecule has 0 unspecified atom stereocenters. The molecule has 0 bridgehead atoms. The number of Topliss-reactive ketones (excluding diaryl/α,β-unsaturated/α-hetero) is 2. The normalized spacial score (nSPS) is 11.8. The molecule has 0 spiro atoms. The van der Waals surface area contributed by atoms with Crippen LogP contribution in [0.4, 0.5) is 0 Å². The van der Waals surface area contributed by atoms with Crippen molar-refractivity contribution in [1.82, 2.24) is 0 Å². The van der Waals surface area contributed by atoms with Gasteiger partial charge in [-0.15, -0.1) is 11.6 Å². The van der Waals surface area contributed by atoms with Gasteiger partial charge in [-0.1, -0.05) is 168 Å². The Hall–Kier alpha value is -0.370. The Labute approximate surface area is 237 Å². The second-order valence-electron chi connectivity index (χ2n) is 11.8. The number of unbranched alkanes of at least 4 members (excludes halogenated alkanes) is 24. The quantitative estimate of drug-likeness (QED) is 0.0515. The second-order valence-corrected chi connectivity index (χ2v) is 12.6. The van der Waals surface area contributed by atoms with Crippen LogP contribution in [0.5, 0.6) is 0 Å². The molecule has 0 atom stereocenters. The van der Waals surface area contributed by atoms with E-state index in [9.17, 15) is 9.59 Å². The van der Waals surface area contributed by atoms with Crippen LogP contribution in [0.15, 0.2) is 0 Å². The summed E-state index contributed by atoms with van der Waals surface area (Å²) in [5, 5.41) is 0. The number of rotatable bonds is 30. The number of halogens is 1. The fraction of sp³-hybridized carbons (Fsp3) is 0.941. The SMILES string of the molecule is CCCCCCCCCCCCCCCC(=O)C(C)(Cl)C(=O)CCCCCCCCCCCCCCC. The Kier molecular flexibility index (Phi) is 26.9. The van der Waals surface area contributed by atoms with Crippen LogP contribution in [0.1, 0.15) is 201 Å². The average molecular weight is 541 g/mol. The van der Waals surface area contributed by atoms with Crippen LogP contribution in [0.25, 0.3) is 0 Å². The molecule has 2 nitrogen and oxygen atoms in total. The molecule has 0 amide bonds. The van der Waals surface area contributed by atoms with Gasteiger partial charge in [-0.05, 0) is 19.8 Å². The molecule has 0 aliphatic heterocycles. The van der Waals surface area contributed by atoms with Gasteiger partial charge in [0.05, 0.1) is 0 Å². The van der Waals surface area contributed by atoms with E-state index >= 15 is 0 Å². The molecule has 220 valence electrons. The number of carbonyl (C=O) groups is 2. The maximum Gasteiger partial charge on any atom is 0.160 e. The van der Waals surface area contributed by atoms with E-state index in [-0.39, 0.29) is 11.6 Å². The summed E-state index contributed by atoms with van der Waals surface area (Å²) in [4.78, 5) is 23.9. The monoisotopic (exact) mass is 540 g/mol. The third-order valence-electron chi connectivity index (χ3n) is 8.06. The van der Waals surface area contributed by atoms with Crippen LogP contribution >= 0.6 is 11.6 Å². The summed E-state index contributed by atoms with van der Waals surface area (Å²) in [6.07, 6.45) is 34.4. The Morgan fingerprint density at radius 2 is 0.595 bits per heavy atom. The van der Waals surface area contributed by atoms with Crippen molar-refractivity contribution in [2.45, 2.75) is 205 Å². The van der Waals surface area contributed by atoms with Gasteiger partial charge in [-0.2, -0.15) is 0 Å². The van der Waals surface area contributed by atoms with Crippen molar-refractivity contribution in [3.05, 3.63) is 0 Å². The van der Waals surface area contributed by atoms with Crippen LogP contribution in [-0.2, 0) is 9.59 Å². The first-order chi connectivity index (χ1) is 18.0. The predicted octanol–water partition coefficient (Wildman–Crippen LogP) is 12.1. The van der Waals surface area contributed by atoms with Crippen molar-refractivity contribution in [2.75, 3.05) is 0 Å². The highest BCUT2D eigenvalue weighted by Crippen LogP contribution is 2.24. The summed E-state index contributed by atoms with van der Waals surface area (Å²) >= 11 is 6.44. The predicted molar refractivity (Wildman–Crippen MR) is 165 cm³/mol. The minimum absolute atomic E-state index is 0.0723. The lowest BCUT2D eigenvalue weighted by molar-refractivity contribution is -0.130. The van der Waals surface area contributed by atoms with Gasteiger partial charge in [-0.25, -0.2) is 0 Å². The Morgan fingerprint density at radius 1 is 0.405 bits per heavy atom.